The van der Waals surface area contributed by atoms with E-state index in [4.69, 9.17) is 10.6 Å². The van der Waals surface area contributed by atoms with E-state index in [2.05, 4.69) is 24.3 Å². The molecule has 4 aliphatic rings. The maximum atomic E-state index is 11.1. The highest BCUT2D eigenvalue weighted by Crippen LogP contribution is 2.68. The smallest absolute Gasteiger partial charge is 0.295 e. The molecule has 23 heavy (non-hydrogen) atoms. The largest absolute Gasteiger partial charge is 0.330 e. The maximum absolute atomic E-state index is 11.1. The molecule has 0 saturated heterocycles. The first-order valence-electron chi connectivity index (χ1n) is 8.58. The molecule has 4 unspecified atom stereocenters. The van der Waals surface area contributed by atoms with Crippen molar-refractivity contribution < 1.29 is 9.92 Å². The maximum Gasteiger partial charge on any atom is 0.295 e. The third-order valence-corrected chi connectivity index (χ3v) is 6.46. The molecule has 0 amide bonds. The van der Waals surface area contributed by atoms with Gasteiger partial charge in [-0.05, 0) is 73.8 Å². The lowest BCUT2D eigenvalue weighted by Crippen LogP contribution is -2.63. The second kappa shape index (κ2) is 4.94. The van der Waals surface area contributed by atoms with Crippen LogP contribution < -0.4 is 5.73 Å². The summed E-state index contributed by atoms with van der Waals surface area (Å²) in [5, 5.41) is 10.6. The van der Waals surface area contributed by atoms with Crippen LogP contribution in [0.1, 0.15) is 50.5 Å². The molecule has 4 fully saturated rings. The number of nitrogens with zero attached hydrogens (tertiary/aromatic N) is 1. The minimum absolute atomic E-state index is 0.0197. The first-order chi connectivity index (χ1) is 11.0. The first kappa shape index (κ1) is 14.9. The van der Waals surface area contributed by atoms with Crippen molar-refractivity contribution in [3.8, 4) is 0 Å². The van der Waals surface area contributed by atoms with Gasteiger partial charge in [0.1, 0.15) is 5.60 Å². The van der Waals surface area contributed by atoms with Gasteiger partial charge in [-0.2, -0.15) is 0 Å². The number of hydrogen-bond donors (Lipinski definition) is 1. The average Bonchev–Trinajstić information content (AvgIpc) is 2.45. The van der Waals surface area contributed by atoms with Gasteiger partial charge in [-0.25, -0.2) is 0 Å². The number of rotatable bonds is 5. The van der Waals surface area contributed by atoms with Crippen molar-refractivity contribution in [2.75, 3.05) is 6.54 Å². The summed E-state index contributed by atoms with van der Waals surface area (Å²) >= 11 is 0. The van der Waals surface area contributed by atoms with E-state index in [9.17, 15) is 10.1 Å². The van der Waals surface area contributed by atoms with Gasteiger partial charge in [0.15, 0.2) is 0 Å². The van der Waals surface area contributed by atoms with Gasteiger partial charge < -0.3 is 10.6 Å². The van der Waals surface area contributed by atoms with Crippen molar-refractivity contribution in [1.82, 2.24) is 0 Å². The highest BCUT2D eigenvalue weighted by atomic mass is 17.0. The van der Waals surface area contributed by atoms with Crippen LogP contribution in [0.4, 0.5) is 0 Å². The molecule has 5 nitrogen and oxygen atoms in total. The molecule has 4 bridgehead atoms. The molecule has 0 radical (unpaired) electrons. The molecule has 0 aromatic heterocycles. The van der Waals surface area contributed by atoms with Crippen LogP contribution in [-0.4, -0.2) is 17.2 Å². The van der Waals surface area contributed by atoms with E-state index in [1.54, 1.807) is 0 Å². The van der Waals surface area contributed by atoms with Crippen LogP contribution in [-0.2, 0) is 10.3 Å². The van der Waals surface area contributed by atoms with Gasteiger partial charge in [-0.3, -0.25) is 0 Å². The van der Waals surface area contributed by atoms with E-state index in [-0.39, 0.29) is 10.8 Å². The molecule has 1 aromatic rings. The van der Waals surface area contributed by atoms with Gasteiger partial charge in [0.05, 0.1) is 0 Å². The Morgan fingerprint density at radius 2 is 1.96 bits per heavy atom. The lowest BCUT2D eigenvalue weighted by Gasteiger charge is -2.66. The van der Waals surface area contributed by atoms with Crippen LogP contribution in [0.2, 0.25) is 0 Å². The Morgan fingerprint density at radius 1 is 1.17 bits per heavy atom. The molecule has 4 atom stereocenters. The summed E-state index contributed by atoms with van der Waals surface area (Å²) in [5.74, 6) is 0.512. The highest BCUT2D eigenvalue weighted by Gasteiger charge is 2.64. The van der Waals surface area contributed by atoms with Gasteiger partial charge in [-0.1, -0.05) is 30.3 Å². The Bertz CT molecular complexity index is 622. The van der Waals surface area contributed by atoms with Crippen LogP contribution in [0.15, 0.2) is 30.3 Å². The van der Waals surface area contributed by atoms with Gasteiger partial charge in [0.2, 0.25) is 0 Å². The van der Waals surface area contributed by atoms with Crippen molar-refractivity contribution in [3.63, 3.8) is 0 Å². The first-order valence-corrected chi connectivity index (χ1v) is 8.58. The quantitative estimate of drug-likeness (QED) is 0.668. The topological polar surface area (TPSA) is 78.4 Å². The molecule has 4 saturated carbocycles. The zero-order valence-corrected chi connectivity index (χ0v) is 13.4. The van der Waals surface area contributed by atoms with Crippen molar-refractivity contribution in [1.29, 1.82) is 0 Å². The van der Waals surface area contributed by atoms with E-state index in [0.29, 0.717) is 12.5 Å². The molecule has 0 aliphatic heterocycles. The predicted octanol–water partition coefficient (Wildman–Crippen LogP) is 3.20. The van der Waals surface area contributed by atoms with Gasteiger partial charge in [0, 0.05) is 0 Å². The molecular formula is C18H24N2O3. The summed E-state index contributed by atoms with van der Waals surface area (Å²) in [4.78, 5) is 16.5. The molecule has 2 N–H and O–H groups in total. The second-order valence-corrected chi connectivity index (χ2v) is 8.19. The zero-order chi connectivity index (χ0) is 16.1. The Balaban J connectivity index is 1.78. The van der Waals surface area contributed by atoms with E-state index in [1.165, 1.54) is 5.56 Å². The van der Waals surface area contributed by atoms with Crippen LogP contribution in [0.5, 0.6) is 0 Å². The highest BCUT2D eigenvalue weighted by molar-refractivity contribution is 5.32. The summed E-state index contributed by atoms with van der Waals surface area (Å²) in [7, 11) is 0. The molecule has 124 valence electrons. The van der Waals surface area contributed by atoms with Crippen molar-refractivity contribution >= 4 is 0 Å². The molecule has 5 rings (SSSR count). The number of nitrogens with two attached hydrogens (primary N) is 1. The van der Waals surface area contributed by atoms with E-state index in [1.807, 2.05) is 6.07 Å². The van der Waals surface area contributed by atoms with Crippen molar-refractivity contribution in [2.45, 2.75) is 56.0 Å². The summed E-state index contributed by atoms with van der Waals surface area (Å²) in [6, 6.07) is 10.5. The fourth-order valence-corrected chi connectivity index (χ4v) is 6.50. The summed E-state index contributed by atoms with van der Waals surface area (Å²) in [5.41, 5.74) is 6.75. The monoisotopic (exact) mass is 316 g/mol. The Labute approximate surface area is 136 Å². The Morgan fingerprint density at radius 3 is 2.65 bits per heavy atom. The van der Waals surface area contributed by atoms with Crippen LogP contribution >= 0.6 is 0 Å². The SMILES string of the molecule is NCCC12CC3CC(O[N+](=O)[O-])(C1)CC(c1ccccc1)(C3)C2. The van der Waals surface area contributed by atoms with Gasteiger partial charge >= 0.3 is 0 Å². The summed E-state index contributed by atoms with van der Waals surface area (Å²) < 4.78 is 0. The number of hydrogen-bond acceptors (Lipinski definition) is 4. The second-order valence-electron chi connectivity index (χ2n) is 8.19. The van der Waals surface area contributed by atoms with Gasteiger partial charge in [-0.15, -0.1) is 10.1 Å². The van der Waals surface area contributed by atoms with Crippen LogP contribution in [0, 0.1) is 21.4 Å². The molecule has 1 aromatic carbocycles. The number of benzene rings is 1. The standard InChI is InChI=1S/C18H24N2O3/c19-7-6-16-8-14-9-17(11-16,15-4-2-1-3-5-15)13-18(10-14,12-16)23-20(21)22/h1-5,14H,6-13,19H2. The molecule has 0 heterocycles. The fraction of sp³-hybridized carbons (Fsp3) is 0.667. The van der Waals surface area contributed by atoms with E-state index in [0.717, 1.165) is 44.9 Å². The average molecular weight is 316 g/mol. The zero-order valence-electron chi connectivity index (χ0n) is 13.4. The lowest BCUT2D eigenvalue weighted by molar-refractivity contribution is -0.786. The Hall–Kier alpha value is -1.62. The van der Waals surface area contributed by atoms with E-state index >= 15 is 0 Å². The fourth-order valence-electron chi connectivity index (χ4n) is 6.50. The molecular weight excluding hydrogens is 292 g/mol. The normalized spacial score (nSPS) is 41.0. The molecule has 5 heteroatoms. The molecule has 0 spiro atoms. The summed E-state index contributed by atoms with van der Waals surface area (Å²) in [6.45, 7) is 0.645. The van der Waals surface area contributed by atoms with Crippen LogP contribution in [0.25, 0.3) is 0 Å². The minimum Gasteiger partial charge on any atom is -0.330 e. The summed E-state index contributed by atoms with van der Waals surface area (Å²) in [6.07, 6.45) is 6.72. The van der Waals surface area contributed by atoms with E-state index < -0.39 is 10.7 Å². The van der Waals surface area contributed by atoms with Crippen molar-refractivity contribution in [3.05, 3.63) is 46.0 Å². The lowest BCUT2D eigenvalue weighted by atomic mass is 9.41. The minimum atomic E-state index is -0.603. The Kier molecular flexibility index (Phi) is 3.21. The molecule has 4 aliphatic carbocycles. The third kappa shape index (κ3) is 2.33. The third-order valence-electron chi connectivity index (χ3n) is 6.46. The van der Waals surface area contributed by atoms with Gasteiger partial charge in [0.25, 0.3) is 5.09 Å². The predicted molar refractivity (Wildman–Crippen MR) is 86.2 cm³/mol. The van der Waals surface area contributed by atoms with Crippen molar-refractivity contribution in [2.24, 2.45) is 17.1 Å². The van der Waals surface area contributed by atoms with Crippen LogP contribution in [0.3, 0.4) is 0 Å².